The number of aryl methyl sites for hydroxylation is 1. The molecule has 7 nitrogen and oxygen atoms in total. The van der Waals surface area contributed by atoms with Crippen molar-refractivity contribution in [2.45, 2.75) is 52.2 Å². The number of amides is 1. The van der Waals surface area contributed by atoms with Crippen LogP contribution in [0.3, 0.4) is 0 Å². The lowest BCUT2D eigenvalue weighted by Gasteiger charge is -2.35. The normalized spacial score (nSPS) is 14.4. The second-order valence-corrected chi connectivity index (χ2v) is 12.5. The SMILES string of the molecule is CCCCOC(=O)NCCCn1cc(-c2ccc(OC(F)(F)F)cc2)c2cc(CN3CCN(Cc4c(Cl)cccc4Cl)CC3)ccc21. The lowest BCUT2D eigenvalue weighted by atomic mass is 10.0. The first-order chi connectivity index (χ1) is 22.6. The molecule has 1 aromatic heterocycles. The van der Waals surface area contributed by atoms with E-state index in [4.69, 9.17) is 27.9 Å². The van der Waals surface area contributed by atoms with Crippen molar-refractivity contribution < 1.29 is 27.4 Å². The first kappa shape index (κ1) is 34.9. The molecule has 0 aliphatic carbocycles. The van der Waals surface area contributed by atoms with E-state index in [0.717, 1.165) is 78.7 Å². The molecule has 47 heavy (non-hydrogen) atoms. The van der Waals surface area contributed by atoms with Crippen LogP contribution in [0.4, 0.5) is 18.0 Å². The van der Waals surface area contributed by atoms with Crippen LogP contribution >= 0.6 is 23.2 Å². The van der Waals surface area contributed by atoms with E-state index < -0.39 is 12.5 Å². The van der Waals surface area contributed by atoms with Gasteiger partial charge in [-0.1, -0.05) is 60.8 Å². The highest BCUT2D eigenvalue weighted by Crippen LogP contribution is 2.34. The Morgan fingerprint density at radius 1 is 0.915 bits per heavy atom. The number of ether oxygens (including phenoxy) is 2. The van der Waals surface area contributed by atoms with E-state index in [1.54, 1.807) is 12.1 Å². The molecule has 5 rings (SSSR count). The molecule has 1 fully saturated rings. The van der Waals surface area contributed by atoms with Gasteiger partial charge in [-0.2, -0.15) is 0 Å². The lowest BCUT2D eigenvalue weighted by Crippen LogP contribution is -2.45. The van der Waals surface area contributed by atoms with E-state index in [-0.39, 0.29) is 5.75 Å². The van der Waals surface area contributed by atoms with E-state index >= 15 is 0 Å². The van der Waals surface area contributed by atoms with Crippen molar-refractivity contribution in [2.24, 2.45) is 0 Å². The Kier molecular flexibility index (Phi) is 12.0. The van der Waals surface area contributed by atoms with Gasteiger partial charge in [0.1, 0.15) is 5.75 Å². The fourth-order valence-electron chi connectivity index (χ4n) is 5.76. The molecular weight excluding hydrogens is 652 g/mol. The van der Waals surface area contributed by atoms with Crippen LogP contribution in [0.1, 0.15) is 37.3 Å². The molecule has 0 bridgehead atoms. The highest BCUT2D eigenvalue weighted by Gasteiger charge is 2.31. The molecule has 1 aliphatic heterocycles. The smallest absolute Gasteiger partial charge is 0.450 e. The van der Waals surface area contributed by atoms with Gasteiger partial charge in [0.05, 0.1) is 6.61 Å². The Morgan fingerprint density at radius 3 is 2.26 bits per heavy atom. The molecular formula is C35H39Cl2F3N4O3. The second kappa shape index (κ2) is 16.1. The number of hydrogen-bond donors (Lipinski definition) is 1. The summed E-state index contributed by atoms with van der Waals surface area (Å²) in [6.45, 7) is 8.55. The van der Waals surface area contributed by atoms with Gasteiger partial charge < -0.3 is 19.4 Å². The van der Waals surface area contributed by atoms with Crippen molar-refractivity contribution in [1.29, 1.82) is 0 Å². The summed E-state index contributed by atoms with van der Waals surface area (Å²) in [4.78, 5) is 16.7. The Bertz CT molecular complexity index is 1620. The van der Waals surface area contributed by atoms with Crippen molar-refractivity contribution in [3.8, 4) is 16.9 Å². The number of nitrogens with one attached hydrogen (secondary N) is 1. The molecule has 0 spiro atoms. The molecule has 252 valence electrons. The Labute approximate surface area is 283 Å². The number of nitrogens with zero attached hydrogens (tertiary/aromatic N) is 3. The third-order valence-corrected chi connectivity index (χ3v) is 8.94. The van der Waals surface area contributed by atoms with Crippen molar-refractivity contribution >= 4 is 40.2 Å². The monoisotopic (exact) mass is 690 g/mol. The number of hydrogen-bond acceptors (Lipinski definition) is 5. The summed E-state index contributed by atoms with van der Waals surface area (Å²) in [5.41, 5.74) is 4.80. The molecule has 12 heteroatoms. The van der Waals surface area contributed by atoms with Crippen LogP contribution in [0.2, 0.25) is 10.0 Å². The number of unbranched alkanes of at least 4 members (excludes halogenated alkanes) is 1. The average Bonchev–Trinajstić information content (AvgIpc) is 3.39. The number of rotatable bonds is 13. The minimum absolute atomic E-state index is 0.265. The van der Waals surface area contributed by atoms with Crippen LogP contribution in [0.5, 0.6) is 5.75 Å². The van der Waals surface area contributed by atoms with Crippen LogP contribution in [0.25, 0.3) is 22.0 Å². The Morgan fingerprint density at radius 2 is 1.60 bits per heavy atom. The topological polar surface area (TPSA) is 59.0 Å². The minimum Gasteiger partial charge on any atom is -0.450 e. The van der Waals surface area contributed by atoms with E-state index in [1.165, 1.54) is 12.1 Å². The van der Waals surface area contributed by atoms with Gasteiger partial charge in [0.15, 0.2) is 0 Å². The van der Waals surface area contributed by atoms with Gasteiger partial charge in [-0.15, -0.1) is 13.2 Å². The number of halogens is 5. The predicted octanol–water partition coefficient (Wildman–Crippen LogP) is 8.75. The summed E-state index contributed by atoms with van der Waals surface area (Å²) in [5.74, 6) is -0.265. The van der Waals surface area contributed by atoms with Gasteiger partial charge >= 0.3 is 12.5 Å². The Balaban J connectivity index is 1.28. The summed E-state index contributed by atoms with van der Waals surface area (Å²) >= 11 is 12.8. The number of fused-ring (bicyclic) bond motifs is 1. The van der Waals surface area contributed by atoms with Crippen LogP contribution in [0.15, 0.2) is 66.9 Å². The zero-order valence-electron chi connectivity index (χ0n) is 26.3. The van der Waals surface area contributed by atoms with Gasteiger partial charge in [-0.05, 0) is 60.4 Å². The van der Waals surface area contributed by atoms with Crippen molar-refractivity contribution in [2.75, 3.05) is 39.3 Å². The third kappa shape index (κ3) is 9.79. The number of piperazine rings is 1. The summed E-state index contributed by atoms with van der Waals surface area (Å²) in [5, 5.41) is 5.16. The molecule has 1 N–H and O–H groups in total. The second-order valence-electron chi connectivity index (χ2n) is 11.7. The van der Waals surface area contributed by atoms with Gasteiger partial charge in [0.2, 0.25) is 0 Å². The molecule has 0 unspecified atom stereocenters. The van der Waals surface area contributed by atoms with Gasteiger partial charge in [-0.3, -0.25) is 9.80 Å². The maximum absolute atomic E-state index is 12.8. The van der Waals surface area contributed by atoms with Crippen LogP contribution in [-0.4, -0.2) is 66.2 Å². The molecule has 2 heterocycles. The van der Waals surface area contributed by atoms with Crippen LogP contribution in [-0.2, 0) is 24.4 Å². The lowest BCUT2D eigenvalue weighted by molar-refractivity contribution is -0.274. The molecule has 4 aromatic rings. The van der Waals surface area contributed by atoms with E-state index in [2.05, 4.69) is 42.6 Å². The number of benzene rings is 3. The number of alkyl halides is 3. The molecule has 1 saturated heterocycles. The molecule has 0 atom stereocenters. The molecule has 0 saturated carbocycles. The molecule has 0 radical (unpaired) electrons. The Hall–Kier alpha value is -3.44. The van der Waals surface area contributed by atoms with E-state index in [1.807, 2.05) is 31.3 Å². The number of aromatic nitrogens is 1. The fraction of sp³-hybridized carbons (Fsp3) is 0.400. The maximum atomic E-state index is 12.8. The van der Waals surface area contributed by atoms with E-state index in [9.17, 15) is 18.0 Å². The number of carbonyl (C=O) groups is 1. The fourth-order valence-corrected chi connectivity index (χ4v) is 6.28. The highest BCUT2D eigenvalue weighted by molar-refractivity contribution is 6.35. The predicted molar refractivity (Wildman–Crippen MR) is 180 cm³/mol. The number of alkyl carbamates (subject to hydrolysis) is 1. The average molecular weight is 692 g/mol. The van der Waals surface area contributed by atoms with Crippen molar-refractivity contribution in [3.63, 3.8) is 0 Å². The molecule has 3 aromatic carbocycles. The van der Waals surface area contributed by atoms with Gasteiger partial charge in [-0.25, -0.2) is 4.79 Å². The van der Waals surface area contributed by atoms with E-state index in [0.29, 0.717) is 42.7 Å². The first-order valence-electron chi connectivity index (χ1n) is 15.9. The minimum atomic E-state index is -4.75. The summed E-state index contributed by atoms with van der Waals surface area (Å²) in [7, 11) is 0. The first-order valence-corrected chi connectivity index (χ1v) is 16.6. The third-order valence-electron chi connectivity index (χ3n) is 8.24. The quantitative estimate of drug-likeness (QED) is 0.142. The summed E-state index contributed by atoms with van der Waals surface area (Å²) in [6, 6.07) is 17.9. The largest absolute Gasteiger partial charge is 0.573 e. The maximum Gasteiger partial charge on any atom is 0.573 e. The zero-order chi connectivity index (χ0) is 33.4. The van der Waals surface area contributed by atoms with Crippen LogP contribution in [0, 0.1) is 0 Å². The molecule has 1 aliphatic rings. The van der Waals surface area contributed by atoms with Crippen molar-refractivity contribution in [1.82, 2.24) is 19.7 Å². The number of carbonyl (C=O) groups excluding carboxylic acids is 1. The van der Waals surface area contributed by atoms with Crippen molar-refractivity contribution in [3.05, 3.63) is 88.0 Å². The zero-order valence-corrected chi connectivity index (χ0v) is 27.8. The van der Waals surface area contributed by atoms with Gasteiger partial charge in [0.25, 0.3) is 0 Å². The van der Waals surface area contributed by atoms with Crippen LogP contribution < -0.4 is 10.1 Å². The summed E-state index contributed by atoms with van der Waals surface area (Å²) < 4.78 is 49.7. The standard InChI is InChI=1S/C35H39Cl2F3N4O3/c1-2-3-20-46-34(45)41-14-5-15-44-24-29(26-9-11-27(12-10-26)47-35(38,39)40)28-21-25(8-13-33(28)44)22-42-16-18-43(19-17-42)23-30-31(36)6-4-7-32(30)37/h4,6-13,21,24H,2-3,5,14-20,22-23H2,1H3,(H,41,45). The van der Waals surface area contributed by atoms with Gasteiger partial charge in [0, 0.05) is 90.6 Å². The summed E-state index contributed by atoms with van der Waals surface area (Å²) in [6.07, 6.45) is -0.701. The highest BCUT2D eigenvalue weighted by atomic mass is 35.5. The molecule has 1 amide bonds.